The van der Waals surface area contributed by atoms with Crippen molar-refractivity contribution in [1.29, 1.82) is 0 Å². The third kappa shape index (κ3) is 7.50. The van der Waals surface area contributed by atoms with Crippen molar-refractivity contribution < 1.29 is 19.4 Å². The number of ether oxygens (including phenoxy) is 2. The number of pyridine rings is 2. The van der Waals surface area contributed by atoms with Crippen molar-refractivity contribution in [2.45, 2.75) is 50.5 Å². The number of halogens is 2. The second-order valence-corrected chi connectivity index (χ2v) is 13.5. The van der Waals surface area contributed by atoms with Crippen molar-refractivity contribution in [3.05, 3.63) is 105 Å². The predicted octanol–water partition coefficient (Wildman–Crippen LogP) is 5.01. The summed E-state index contributed by atoms with van der Waals surface area (Å²) in [4.78, 5) is 34.2. The first-order valence-corrected chi connectivity index (χ1v) is 17.7. The summed E-state index contributed by atoms with van der Waals surface area (Å²) in [6.07, 6.45) is 4.72. The van der Waals surface area contributed by atoms with Crippen LogP contribution in [0.5, 0.6) is 5.88 Å². The molecule has 1 amide bonds. The van der Waals surface area contributed by atoms with Gasteiger partial charge in [-0.05, 0) is 36.6 Å². The van der Waals surface area contributed by atoms with Crippen LogP contribution < -0.4 is 26.2 Å². The number of aliphatic hydroxyl groups excluding tert-OH is 1. The summed E-state index contributed by atoms with van der Waals surface area (Å²) >= 11 is 14.2. The maximum Gasteiger partial charge on any atom is 0.262 e. The number of nitrogens with zero attached hydrogens (tertiary/aromatic N) is 3. The summed E-state index contributed by atoms with van der Waals surface area (Å²) in [6, 6.07) is 19.1. The van der Waals surface area contributed by atoms with Crippen molar-refractivity contribution in [3.63, 3.8) is 0 Å². The van der Waals surface area contributed by atoms with Gasteiger partial charge in [0.05, 0.1) is 41.1 Å². The van der Waals surface area contributed by atoms with Crippen LogP contribution in [0.25, 0.3) is 39.2 Å². The van der Waals surface area contributed by atoms with E-state index in [1.807, 2.05) is 60.7 Å². The second kappa shape index (κ2) is 15.5. The highest BCUT2D eigenvalue weighted by Gasteiger charge is 2.24. The molecule has 5 aromatic rings. The molecule has 0 radical (unpaired) electrons. The molecule has 4 N–H and O–H groups in total. The lowest BCUT2D eigenvalue weighted by atomic mass is 9.97. The molecule has 13 heteroatoms. The number of methoxy groups -OCH3 is 1. The minimum absolute atomic E-state index is 0.0916. The average molecular weight is 730 g/mol. The van der Waals surface area contributed by atoms with Crippen LogP contribution in [-0.2, 0) is 22.6 Å². The maximum absolute atomic E-state index is 13.3. The molecule has 5 heterocycles. The quantitative estimate of drug-likeness (QED) is 0.148. The second-order valence-electron chi connectivity index (χ2n) is 12.8. The minimum atomic E-state index is -0.616. The number of nitrogens with one attached hydrogen (secondary N) is 3. The number of fused-ring (bicyclic) bond motifs is 1. The van der Waals surface area contributed by atoms with Gasteiger partial charge in [-0.15, -0.1) is 0 Å². The molecular formula is C38H38Cl2N6O5. The molecule has 2 aliphatic heterocycles. The molecule has 1 unspecified atom stereocenters. The predicted molar refractivity (Wildman–Crippen MR) is 197 cm³/mol. The highest BCUT2D eigenvalue weighted by atomic mass is 35.5. The van der Waals surface area contributed by atoms with E-state index < -0.39 is 6.10 Å². The van der Waals surface area contributed by atoms with Crippen molar-refractivity contribution in [1.82, 2.24) is 30.3 Å². The fourth-order valence-corrected chi connectivity index (χ4v) is 7.31. The number of aliphatic hydroxyl groups is 1. The smallest absolute Gasteiger partial charge is 0.262 e. The number of carbonyl (C=O) groups excluding carboxylic acids is 1. The van der Waals surface area contributed by atoms with Gasteiger partial charge in [-0.2, -0.15) is 0 Å². The molecule has 11 nitrogen and oxygen atoms in total. The summed E-state index contributed by atoms with van der Waals surface area (Å²) in [5, 5.41) is 20.8. The Kier molecular flexibility index (Phi) is 10.6. The van der Waals surface area contributed by atoms with Crippen LogP contribution in [0.3, 0.4) is 0 Å². The first-order chi connectivity index (χ1) is 24.8. The Morgan fingerprint density at radius 1 is 0.980 bits per heavy atom. The van der Waals surface area contributed by atoms with E-state index >= 15 is 0 Å². The van der Waals surface area contributed by atoms with E-state index in [0.29, 0.717) is 65.4 Å². The van der Waals surface area contributed by atoms with E-state index in [2.05, 4.69) is 20.9 Å². The lowest BCUT2D eigenvalue weighted by molar-refractivity contribution is -0.119. The molecule has 2 saturated heterocycles. The largest absolute Gasteiger partial charge is 0.481 e. The standard InChI is InChI=1S/C38H38Cl2N6O5/c1-50-37-23(17-41-20-25-9-11-34(48)44-25)8-10-30(45-37)29-7-3-6-28(36(29)40)27-5-2-4-26(35(27)39)22-12-14-46-33(16-22)43-19-24(38(46)49)18-42-31-13-15-51-21-32(31)47/h2-8,10,12,14,16,19,25,31-32,41-42,47H,9,11,13,15,17-18,20-21H2,1H3,(H,44,48)/t25?,31-,32-/m0/s1. The lowest BCUT2D eigenvalue weighted by Crippen LogP contribution is -2.46. The van der Waals surface area contributed by atoms with Crippen LogP contribution in [-0.4, -0.2) is 70.4 Å². The van der Waals surface area contributed by atoms with Crippen LogP contribution in [0.15, 0.2) is 77.9 Å². The highest BCUT2D eigenvalue weighted by molar-refractivity contribution is 6.39. The van der Waals surface area contributed by atoms with Crippen LogP contribution >= 0.6 is 23.2 Å². The Hall–Kier alpha value is -4.36. The van der Waals surface area contributed by atoms with E-state index in [1.165, 1.54) is 4.40 Å². The highest BCUT2D eigenvalue weighted by Crippen LogP contribution is 2.42. The first kappa shape index (κ1) is 35.1. The molecule has 2 aromatic carbocycles. The number of hydrogen-bond donors (Lipinski definition) is 4. The number of hydrogen-bond acceptors (Lipinski definition) is 9. The monoisotopic (exact) mass is 728 g/mol. The minimum Gasteiger partial charge on any atom is -0.481 e. The van der Waals surface area contributed by atoms with Crippen molar-refractivity contribution in [2.75, 3.05) is 26.9 Å². The number of rotatable bonds is 11. The van der Waals surface area contributed by atoms with E-state index in [-0.39, 0.29) is 36.7 Å². The summed E-state index contributed by atoms with van der Waals surface area (Å²) in [6.45, 7) is 2.34. The van der Waals surface area contributed by atoms with Gasteiger partial charge in [-0.25, -0.2) is 9.97 Å². The van der Waals surface area contributed by atoms with Gasteiger partial charge in [-0.1, -0.05) is 65.7 Å². The van der Waals surface area contributed by atoms with Gasteiger partial charge in [0.25, 0.3) is 5.56 Å². The summed E-state index contributed by atoms with van der Waals surface area (Å²) in [5.41, 5.74) is 6.13. The third-order valence-electron chi connectivity index (χ3n) is 9.46. The molecule has 3 atom stereocenters. The molecule has 0 saturated carbocycles. The van der Waals surface area contributed by atoms with E-state index in [0.717, 1.165) is 39.8 Å². The number of aromatic nitrogens is 3. The summed E-state index contributed by atoms with van der Waals surface area (Å²) in [5.74, 6) is 0.580. The Labute approximate surface area is 305 Å². The van der Waals surface area contributed by atoms with Crippen molar-refractivity contribution in [2.24, 2.45) is 0 Å². The van der Waals surface area contributed by atoms with E-state index in [4.69, 9.17) is 37.7 Å². The molecule has 7 rings (SSSR count). The van der Waals surface area contributed by atoms with Crippen molar-refractivity contribution in [3.8, 4) is 39.4 Å². The van der Waals surface area contributed by atoms with Crippen LogP contribution in [0, 0.1) is 0 Å². The molecule has 0 aliphatic carbocycles. The zero-order chi connectivity index (χ0) is 35.5. The normalized spacial score (nSPS) is 19.0. The summed E-state index contributed by atoms with van der Waals surface area (Å²) in [7, 11) is 1.59. The third-order valence-corrected chi connectivity index (χ3v) is 10.3. The SMILES string of the molecule is COc1nc(-c2cccc(-c3cccc(-c4ccn5c(=O)c(CN[C@H]6CCOC[C@@H]6O)cnc5c4)c3Cl)c2Cl)ccc1CNCC1CCC(=O)N1. The lowest BCUT2D eigenvalue weighted by Gasteiger charge is -2.28. The zero-order valence-electron chi connectivity index (χ0n) is 28.0. The Balaban J connectivity index is 1.12. The average Bonchev–Trinajstić information content (AvgIpc) is 3.57. The number of amides is 1. The molecular weight excluding hydrogens is 691 g/mol. The molecule has 0 bridgehead atoms. The van der Waals surface area contributed by atoms with E-state index in [1.54, 1.807) is 19.5 Å². The molecule has 0 spiro atoms. The molecule has 3 aromatic heterocycles. The fraction of sp³-hybridized carbons (Fsp3) is 0.316. The molecule has 2 aliphatic rings. The Bertz CT molecular complexity index is 2140. The van der Waals surface area contributed by atoms with Crippen molar-refractivity contribution >= 4 is 34.8 Å². The van der Waals surface area contributed by atoms with Crippen LogP contribution in [0.1, 0.15) is 30.4 Å². The van der Waals surface area contributed by atoms with Crippen LogP contribution in [0.2, 0.25) is 10.0 Å². The molecule has 51 heavy (non-hydrogen) atoms. The van der Waals surface area contributed by atoms with Crippen LogP contribution in [0.4, 0.5) is 0 Å². The number of benzene rings is 2. The zero-order valence-corrected chi connectivity index (χ0v) is 29.5. The first-order valence-electron chi connectivity index (χ1n) is 16.9. The van der Waals surface area contributed by atoms with Gasteiger partial charge in [-0.3, -0.25) is 14.0 Å². The van der Waals surface area contributed by atoms with Gasteiger partial charge >= 0.3 is 0 Å². The number of carbonyl (C=O) groups is 1. The Morgan fingerprint density at radius 2 is 1.75 bits per heavy atom. The van der Waals surface area contributed by atoms with Gasteiger partial charge in [0.2, 0.25) is 11.8 Å². The molecule has 2 fully saturated rings. The van der Waals surface area contributed by atoms with Gasteiger partial charge in [0, 0.05) is 85.0 Å². The van der Waals surface area contributed by atoms with Gasteiger partial charge < -0.3 is 30.5 Å². The van der Waals surface area contributed by atoms with Gasteiger partial charge in [0.15, 0.2) is 0 Å². The van der Waals surface area contributed by atoms with E-state index in [9.17, 15) is 14.7 Å². The topological polar surface area (TPSA) is 139 Å². The van der Waals surface area contributed by atoms with Gasteiger partial charge in [0.1, 0.15) is 5.65 Å². The fourth-order valence-electron chi connectivity index (χ4n) is 6.65. The maximum atomic E-state index is 13.3. The molecule has 264 valence electrons. The summed E-state index contributed by atoms with van der Waals surface area (Å²) < 4.78 is 12.5. The Morgan fingerprint density at radius 3 is 2.49 bits per heavy atom.